The molecule has 0 N–H and O–H groups in total. The van der Waals surface area contributed by atoms with Gasteiger partial charge in [-0.15, -0.1) is 0 Å². The number of carbonyl (C=O) groups is 1. The first-order valence-corrected chi connectivity index (χ1v) is 13.3. The predicted molar refractivity (Wildman–Crippen MR) is 129 cm³/mol. The van der Waals surface area contributed by atoms with Gasteiger partial charge in [0.25, 0.3) is 5.91 Å². The van der Waals surface area contributed by atoms with Crippen LogP contribution in [0.1, 0.15) is 47.8 Å². The second-order valence-corrected chi connectivity index (χ2v) is 10.8. The van der Waals surface area contributed by atoms with E-state index in [-0.39, 0.29) is 16.7 Å². The molecule has 2 saturated heterocycles. The smallest absolute Gasteiger partial charge is 0.257 e. The van der Waals surface area contributed by atoms with Gasteiger partial charge in [0.15, 0.2) is 0 Å². The number of methoxy groups -OCH3 is 1. The maximum Gasteiger partial charge on any atom is 0.257 e. The Balaban J connectivity index is 1.30. The van der Waals surface area contributed by atoms with Crippen LogP contribution in [-0.2, 0) is 10.0 Å². The number of nitrogens with zero attached hydrogens (tertiary/aromatic N) is 4. The number of carbonyl (C=O) groups excluding carboxylic acids is 1. The van der Waals surface area contributed by atoms with Crippen LogP contribution in [0.5, 0.6) is 5.75 Å². The van der Waals surface area contributed by atoms with Crippen molar-refractivity contribution in [3.05, 3.63) is 60.0 Å². The second-order valence-electron chi connectivity index (χ2n) is 8.88. The SMILES string of the molecule is COc1ccccc1C(=O)N1CCC[C@H](c2nc(-c3ccc(S(=O)(=O)N4CCCC4)cc3)no2)C1. The molecule has 0 spiro atoms. The van der Waals surface area contributed by atoms with Crippen molar-refractivity contribution in [3.63, 3.8) is 0 Å². The number of para-hydroxylation sites is 1. The fourth-order valence-corrected chi connectivity index (χ4v) is 6.24. The number of ether oxygens (including phenoxy) is 1. The van der Waals surface area contributed by atoms with Gasteiger partial charge in [-0.1, -0.05) is 17.3 Å². The van der Waals surface area contributed by atoms with Gasteiger partial charge in [0.2, 0.25) is 21.7 Å². The third-order valence-corrected chi connectivity index (χ3v) is 8.57. The van der Waals surface area contributed by atoms with E-state index in [9.17, 15) is 13.2 Å². The quantitative estimate of drug-likeness (QED) is 0.514. The van der Waals surface area contributed by atoms with Crippen LogP contribution in [0, 0.1) is 0 Å². The molecule has 0 saturated carbocycles. The van der Waals surface area contributed by atoms with Crippen LogP contribution in [0.25, 0.3) is 11.4 Å². The average molecular weight is 497 g/mol. The molecule has 9 nitrogen and oxygen atoms in total. The lowest BCUT2D eigenvalue weighted by Crippen LogP contribution is -2.39. The normalized spacial score (nSPS) is 19.1. The Kier molecular flexibility index (Phi) is 6.57. The van der Waals surface area contributed by atoms with Crippen molar-refractivity contribution < 1.29 is 22.5 Å². The van der Waals surface area contributed by atoms with Gasteiger partial charge >= 0.3 is 0 Å². The van der Waals surface area contributed by atoms with Crippen molar-refractivity contribution in [2.45, 2.75) is 36.5 Å². The number of rotatable bonds is 6. The molecule has 3 heterocycles. The Morgan fingerprint density at radius 3 is 2.51 bits per heavy atom. The van der Waals surface area contributed by atoms with Crippen molar-refractivity contribution in [2.75, 3.05) is 33.3 Å². The highest BCUT2D eigenvalue weighted by molar-refractivity contribution is 7.89. The molecule has 35 heavy (non-hydrogen) atoms. The zero-order valence-electron chi connectivity index (χ0n) is 19.6. The number of benzene rings is 2. The summed E-state index contributed by atoms with van der Waals surface area (Å²) in [5.74, 6) is 1.28. The van der Waals surface area contributed by atoms with Crippen molar-refractivity contribution in [2.24, 2.45) is 0 Å². The number of sulfonamides is 1. The van der Waals surface area contributed by atoms with E-state index < -0.39 is 10.0 Å². The van der Waals surface area contributed by atoms with E-state index >= 15 is 0 Å². The largest absolute Gasteiger partial charge is 0.496 e. The summed E-state index contributed by atoms with van der Waals surface area (Å²) in [5, 5.41) is 4.12. The fourth-order valence-electron chi connectivity index (χ4n) is 4.73. The van der Waals surface area contributed by atoms with Gasteiger partial charge in [0.05, 0.1) is 23.5 Å². The maximum absolute atomic E-state index is 13.1. The number of piperidine rings is 1. The summed E-state index contributed by atoms with van der Waals surface area (Å²) in [4.78, 5) is 19.8. The van der Waals surface area contributed by atoms with Gasteiger partial charge in [-0.25, -0.2) is 8.42 Å². The van der Waals surface area contributed by atoms with E-state index in [1.807, 2.05) is 12.1 Å². The first-order chi connectivity index (χ1) is 17.0. The summed E-state index contributed by atoms with van der Waals surface area (Å²) in [5.41, 5.74) is 1.21. The number of hydrogen-bond donors (Lipinski definition) is 0. The molecule has 1 atom stereocenters. The molecule has 2 aromatic carbocycles. The zero-order chi connectivity index (χ0) is 24.4. The lowest BCUT2D eigenvalue weighted by atomic mass is 9.97. The molecule has 2 aliphatic heterocycles. The van der Waals surface area contributed by atoms with E-state index in [1.165, 1.54) is 4.31 Å². The van der Waals surface area contributed by atoms with Crippen LogP contribution in [0.2, 0.25) is 0 Å². The van der Waals surface area contributed by atoms with Crippen molar-refractivity contribution >= 4 is 15.9 Å². The van der Waals surface area contributed by atoms with E-state index in [4.69, 9.17) is 9.26 Å². The maximum atomic E-state index is 13.1. The summed E-state index contributed by atoms with van der Waals surface area (Å²) < 4.78 is 38.0. The third-order valence-electron chi connectivity index (χ3n) is 6.65. The molecule has 3 aromatic rings. The minimum Gasteiger partial charge on any atom is -0.496 e. The standard InChI is InChI=1S/C25H28N4O5S/c1-33-22-9-3-2-8-21(22)25(30)28-14-6-7-19(17-28)24-26-23(27-34-24)18-10-12-20(13-11-18)35(31,32)29-15-4-5-16-29/h2-3,8-13,19H,4-7,14-17H2,1H3/t19-/m0/s1. The van der Waals surface area contributed by atoms with Gasteiger partial charge in [0, 0.05) is 31.7 Å². The zero-order valence-corrected chi connectivity index (χ0v) is 20.4. The van der Waals surface area contributed by atoms with Gasteiger partial charge in [-0.05, 0) is 62.1 Å². The van der Waals surface area contributed by atoms with Crippen LogP contribution in [-0.4, -0.2) is 67.0 Å². The summed E-state index contributed by atoms with van der Waals surface area (Å²) >= 11 is 0. The molecular formula is C25H28N4O5S. The number of aromatic nitrogens is 2. The molecule has 2 aliphatic rings. The second kappa shape index (κ2) is 9.79. The summed E-state index contributed by atoms with van der Waals surface area (Å²) in [6.45, 7) is 2.26. The van der Waals surface area contributed by atoms with Crippen molar-refractivity contribution in [1.82, 2.24) is 19.3 Å². The number of amides is 1. The molecule has 1 amide bonds. The van der Waals surface area contributed by atoms with Crippen LogP contribution in [0.3, 0.4) is 0 Å². The minimum absolute atomic E-state index is 0.0709. The minimum atomic E-state index is -3.47. The van der Waals surface area contributed by atoms with Crippen molar-refractivity contribution in [1.29, 1.82) is 0 Å². The molecule has 1 aromatic heterocycles. The summed E-state index contributed by atoms with van der Waals surface area (Å²) in [7, 11) is -1.91. The Hall–Kier alpha value is -3.24. The van der Waals surface area contributed by atoms with Gasteiger partial charge in [-0.3, -0.25) is 4.79 Å². The van der Waals surface area contributed by atoms with E-state index in [1.54, 1.807) is 48.4 Å². The lowest BCUT2D eigenvalue weighted by Gasteiger charge is -2.31. The average Bonchev–Trinajstić information content (AvgIpc) is 3.62. The van der Waals surface area contributed by atoms with Gasteiger partial charge in [0.1, 0.15) is 5.75 Å². The van der Waals surface area contributed by atoms with E-state index in [0.29, 0.717) is 54.8 Å². The van der Waals surface area contributed by atoms with Crippen LogP contribution in [0.4, 0.5) is 0 Å². The predicted octanol–water partition coefficient (Wildman–Crippen LogP) is 3.55. The fraction of sp³-hybridized carbons (Fsp3) is 0.400. The first-order valence-electron chi connectivity index (χ1n) is 11.8. The molecular weight excluding hydrogens is 468 g/mol. The van der Waals surface area contributed by atoms with E-state index in [2.05, 4.69) is 10.1 Å². The highest BCUT2D eigenvalue weighted by atomic mass is 32.2. The first kappa shape index (κ1) is 23.5. The third kappa shape index (κ3) is 4.68. The summed E-state index contributed by atoms with van der Waals surface area (Å²) in [6.07, 6.45) is 3.45. The molecule has 10 heteroatoms. The molecule has 184 valence electrons. The topological polar surface area (TPSA) is 106 Å². The number of hydrogen-bond acceptors (Lipinski definition) is 7. The van der Waals surface area contributed by atoms with Crippen molar-refractivity contribution in [3.8, 4) is 17.1 Å². The van der Waals surface area contributed by atoms with Crippen LogP contribution in [0.15, 0.2) is 57.9 Å². The molecule has 0 bridgehead atoms. The summed E-state index contributed by atoms with van der Waals surface area (Å²) in [6, 6.07) is 13.8. The number of likely N-dealkylation sites (tertiary alicyclic amines) is 1. The Morgan fingerprint density at radius 1 is 1.03 bits per heavy atom. The highest BCUT2D eigenvalue weighted by Crippen LogP contribution is 2.30. The Labute approximate surface area is 204 Å². The van der Waals surface area contributed by atoms with Gasteiger partial charge in [-0.2, -0.15) is 9.29 Å². The highest BCUT2D eigenvalue weighted by Gasteiger charge is 2.31. The molecule has 2 fully saturated rings. The molecule has 0 unspecified atom stereocenters. The molecule has 0 radical (unpaired) electrons. The monoisotopic (exact) mass is 496 g/mol. The molecule has 5 rings (SSSR count). The van der Waals surface area contributed by atoms with Crippen LogP contribution < -0.4 is 4.74 Å². The Morgan fingerprint density at radius 2 is 1.77 bits per heavy atom. The van der Waals surface area contributed by atoms with Crippen LogP contribution >= 0.6 is 0 Å². The Bertz CT molecular complexity index is 1300. The lowest BCUT2D eigenvalue weighted by molar-refractivity contribution is 0.0692. The van der Waals surface area contributed by atoms with Gasteiger partial charge < -0.3 is 14.2 Å². The molecule has 0 aliphatic carbocycles. The van der Waals surface area contributed by atoms with E-state index in [0.717, 1.165) is 25.7 Å².